The molecular formula is C12H17ClN4. The van der Waals surface area contributed by atoms with Crippen LogP contribution in [0.15, 0.2) is 12.4 Å². The van der Waals surface area contributed by atoms with Crippen LogP contribution in [-0.2, 0) is 0 Å². The summed E-state index contributed by atoms with van der Waals surface area (Å²) < 4.78 is 0. The number of hydrogen-bond donors (Lipinski definition) is 1. The second kappa shape index (κ2) is 4.78. The maximum atomic E-state index is 5.77. The van der Waals surface area contributed by atoms with E-state index in [0.717, 1.165) is 6.04 Å². The van der Waals surface area contributed by atoms with Crippen molar-refractivity contribution in [3.63, 3.8) is 0 Å². The van der Waals surface area contributed by atoms with Crippen molar-refractivity contribution in [1.29, 1.82) is 0 Å². The number of fused-ring (bicyclic) bond motifs is 1. The number of anilines is 1. The molecule has 0 amide bonds. The van der Waals surface area contributed by atoms with Crippen LogP contribution in [0.25, 0.3) is 0 Å². The van der Waals surface area contributed by atoms with Gasteiger partial charge in [-0.2, -0.15) is 0 Å². The summed E-state index contributed by atoms with van der Waals surface area (Å²) >= 11 is 5.77. The molecule has 1 N–H and O–H groups in total. The summed E-state index contributed by atoms with van der Waals surface area (Å²) in [5.41, 5.74) is 0. The van der Waals surface area contributed by atoms with Crippen molar-refractivity contribution in [2.75, 3.05) is 18.4 Å². The Bertz CT molecular complexity index is 381. The lowest BCUT2D eigenvalue weighted by Crippen LogP contribution is -2.42. The van der Waals surface area contributed by atoms with E-state index >= 15 is 0 Å². The third kappa shape index (κ3) is 2.53. The van der Waals surface area contributed by atoms with Gasteiger partial charge in [-0.05, 0) is 32.2 Å². The summed E-state index contributed by atoms with van der Waals surface area (Å²) in [6, 6.07) is 1.28. The zero-order chi connectivity index (χ0) is 11.7. The predicted octanol–water partition coefficient (Wildman–Crippen LogP) is 2.17. The maximum absolute atomic E-state index is 5.77. The zero-order valence-corrected chi connectivity index (χ0v) is 10.5. The molecule has 0 aromatic carbocycles. The van der Waals surface area contributed by atoms with Crippen LogP contribution < -0.4 is 5.32 Å². The van der Waals surface area contributed by atoms with Gasteiger partial charge in [0.15, 0.2) is 0 Å². The summed E-state index contributed by atoms with van der Waals surface area (Å²) in [7, 11) is 0. The lowest BCUT2D eigenvalue weighted by molar-refractivity contribution is 0.188. The van der Waals surface area contributed by atoms with Crippen molar-refractivity contribution in [3.8, 4) is 0 Å². The molecule has 0 saturated carbocycles. The number of halogens is 1. The first kappa shape index (κ1) is 11.2. The van der Waals surface area contributed by atoms with E-state index in [9.17, 15) is 0 Å². The average Bonchev–Trinajstić information content (AvgIpc) is 2.79. The zero-order valence-electron chi connectivity index (χ0n) is 9.77. The molecule has 0 radical (unpaired) electrons. The predicted molar refractivity (Wildman–Crippen MR) is 68.3 cm³/mol. The quantitative estimate of drug-likeness (QED) is 0.876. The van der Waals surface area contributed by atoms with Gasteiger partial charge in [-0.15, -0.1) is 0 Å². The van der Waals surface area contributed by atoms with Gasteiger partial charge in [0.25, 0.3) is 0 Å². The Hall–Kier alpha value is -0.870. The Labute approximate surface area is 106 Å². The van der Waals surface area contributed by atoms with Crippen molar-refractivity contribution >= 4 is 17.5 Å². The minimum atomic E-state index is 0.510. The molecule has 2 saturated heterocycles. The fraction of sp³-hybridized carbons (Fsp3) is 0.667. The van der Waals surface area contributed by atoms with E-state index in [0.29, 0.717) is 17.0 Å². The Balaban J connectivity index is 1.60. The van der Waals surface area contributed by atoms with Gasteiger partial charge in [0.05, 0.1) is 17.4 Å². The van der Waals surface area contributed by atoms with Gasteiger partial charge in [-0.1, -0.05) is 11.6 Å². The van der Waals surface area contributed by atoms with Crippen molar-refractivity contribution in [2.45, 2.75) is 37.8 Å². The first-order valence-electron chi connectivity index (χ1n) is 6.29. The number of aromatic nitrogens is 2. The van der Waals surface area contributed by atoms with Crippen LogP contribution in [0, 0.1) is 0 Å². The van der Waals surface area contributed by atoms with Gasteiger partial charge in [0, 0.05) is 18.6 Å². The van der Waals surface area contributed by atoms with Gasteiger partial charge >= 0.3 is 0 Å². The third-order valence-corrected chi connectivity index (χ3v) is 3.97. The Morgan fingerprint density at radius 3 is 2.88 bits per heavy atom. The molecule has 0 bridgehead atoms. The van der Waals surface area contributed by atoms with Crippen LogP contribution in [0.2, 0.25) is 5.02 Å². The Morgan fingerprint density at radius 1 is 1.24 bits per heavy atom. The summed E-state index contributed by atoms with van der Waals surface area (Å²) in [4.78, 5) is 11.0. The minimum Gasteiger partial charge on any atom is -0.351 e. The second-order valence-corrected chi connectivity index (χ2v) is 5.36. The first-order valence-corrected chi connectivity index (χ1v) is 6.67. The van der Waals surface area contributed by atoms with E-state index in [-0.39, 0.29) is 0 Å². The molecule has 92 valence electrons. The van der Waals surface area contributed by atoms with Crippen LogP contribution >= 0.6 is 11.6 Å². The highest BCUT2D eigenvalue weighted by Gasteiger charge is 2.31. The molecular weight excluding hydrogens is 236 g/mol. The highest BCUT2D eigenvalue weighted by atomic mass is 35.5. The molecule has 2 aliphatic rings. The van der Waals surface area contributed by atoms with E-state index in [4.69, 9.17) is 11.6 Å². The number of nitrogens with zero attached hydrogens (tertiary/aromatic N) is 3. The highest BCUT2D eigenvalue weighted by molar-refractivity contribution is 6.30. The molecule has 0 aliphatic carbocycles. The van der Waals surface area contributed by atoms with Gasteiger partial charge < -0.3 is 10.2 Å². The molecule has 2 atom stereocenters. The van der Waals surface area contributed by atoms with Crippen LogP contribution in [0.1, 0.15) is 25.7 Å². The third-order valence-electron chi connectivity index (χ3n) is 3.77. The number of rotatable bonds is 2. The van der Waals surface area contributed by atoms with Crippen LogP contribution in [0.4, 0.5) is 5.95 Å². The molecule has 5 heteroatoms. The van der Waals surface area contributed by atoms with Crippen LogP contribution in [0.5, 0.6) is 0 Å². The van der Waals surface area contributed by atoms with Gasteiger partial charge in [-0.25, -0.2) is 9.97 Å². The van der Waals surface area contributed by atoms with E-state index < -0.39 is 0 Å². The summed E-state index contributed by atoms with van der Waals surface area (Å²) in [6.07, 6.45) is 8.38. The molecule has 1 aromatic heterocycles. The fourth-order valence-electron chi connectivity index (χ4n) is 2.92. The number of nitrogens with one attached hydrogen (secondary N) is 1. The molecule has 2 fully saturated rings. The molecule has 0 spiro atoms. The van der Waals surface area contributed by atoms with Gasteiger partial charge in [-0.3, -0.25) is 0 Å². The molecule has 1 aromatic rings. The lowest BCUT2D eigenvalue weighted by atomic mass is 9.98. The largest absolute Gasteiger partial charge is 0.351 e. The van der Waals surface area contributed by atoms with Gasteiger partial charge in [0.1, 0.15) is 0 Å². The van der Waals surface area contributed by atoms with Gasteiger partial charge in [0.2, 0.25) is 5.95 Å². The molecule has 4 nitrogen and oxygen atoms in total. The van der Waals surface area contributed by atoms with Crippen LogP contribution in [-0.4, -0.2) is 40.0 Å². The lowest BCUT2D eigenvalue weighted by Gasteiger charge is -2.35. The summed E-state index contributed by atoms with van der Waals surface area (Å²) in [5.74, 6) is 0.700. The SMILES string of the molecule is Clc1cnc(N[C@@H]2CCN3CCC[C@@H]3C2)nc1. The fourth-order valence-corrected chi connectivity index (χ4v) is 3.02. The summed E-state index contributed by atoms with van der Waals surface area (Å²) in [5, 5.41) is 4.00. The molecule has 17 heavy (non-hydrogen) atoms. The average molecular weight is 253 g/mol. The molecule has 3 heterocycles. The molecule has 2 aliphatic heterocycles. The monoisotopic (exact) mass is 252 g/mol. The van der Waals surface area contributed by atoms with E-state index in [1.165, 1.54) is 38.8 Å². The molecule has 0 unspecified atom stereocenters. The normalized spacial score (nSPS) is 29.0. The maximum Gasteiger partial charge on any atom is 0.222 e. The van der Waals surface area contributed by atoms with Crippen molar-refractivity contribution in [2.24, 2.45) is 0 Å². The van der Waals surface area contributed by atoms with Crippen molar-refractivity contribution < 1.29 is 0 Å². The Kier molecular flexibility index (Phi) is 3.16. The van der Waals surface area contributed by atoms with Crippen molar-refractivity contribution in [3.05, 3.63) is 17.4 Å². The summed E-state index contributed by atoms with van der Waals surface area (Å²) in [6.45, 7) is 2.49. The number of hydrogen-bond acceptors (Lipinski definition) is 4. The highest BCUT2D eigenvalue weighted by Crippen LogP contribution is 2.27. The van der Waals surface area contributed by atoms with E-state index in [1.807, 2.05) is 0 Å². The Morgan fingerprint density at radius 2 is 2.06 bits per heavy atom. The van der Waals surface area contributed by atoms with E-state index in [1.54, 1.807) is 12.4 Å². The van der Waals surface area contributed by atoms with E-state index in [2.05, 4.69) is 20.2 Å². The van der Waals surface area contributed by atoms with Crippen LogP contribution in [0.3, 0.4) is 0 Å². The minimum absolute atomic E-state index is 0.510. The topological polar surface area (TPSA) is 41.1 Å². The molecule has 3 rings (SSSR count). The second-order valence-electron chi connectivity index (χ2n) is 4.92. The van der Waals surface area contributed by atoms with Crippen molar-refractivity contribution in [1.82, 2.24) is 14.9 Å². The number of piperidine rings is 1. The standard InChI is InChI=1S/C12H17ClN4/c13-9-7-14-12(15-8-9)16-10-3-5-17-4-1-2-11(17)6-10/h7-8,10-11H,1-6H2,(H,14,15,16)/t10-,11-/m1/s1. The smallest absolute Gasteiger partial charge is 0.222 e. The first-order chi connectivity index (χ1) is 8.31.